The number of hydrogen-bond donors (Lipinski definition) is 1. The van der Waals surface area contributed by atoms with Gasteiger partial charge >= 0.3 is 0 Å². The molecule has 0 atom stereocenters. The molecule has 0 spiro atoms. The van der Waals surface area contributed by atoms with Crippen molar-refractivity contribution in [3.05, 3.63) is 52.2 Å². The number of rotatable bonds is 5. The summed E-state index contributed by atoms with van der Waals surface area (Å²) < 4.78 is 0. The summed E-state index contributed by atoms with van der Waals surface area (Å²) in [5.41, 5.74) is 4.59. The normalized spacial score (nSPS) is 10.5. The first-order valence-corrected chi connectivity index (χ1v) is 7.56. The Morgan fingerprint density at radius 1 is 1.14 bits per heavy atom. The van der Waals surface area contributed by atoms with Crippen LogP contribution in [-0.4, -0.2) is 18.6 Å². The Kier molecular flexibility index (Phi) is 5.07. The highest BCUT2D eigenvalue weighted by Gasteiger charge is 2.09. The van der Waals surface area contributed by atoms with E-state index in [-0.39, 0.29) is 0 Å². The van der Waals surface area contributed by atoms with E-state index in [1.165, 1.54) is 16.8 Å². The number of aryl methyl sites for hydroxylation is 2. The minimum Gasteiger partial charge on any atom is -0.370 e. The van der Waals surface area contributed by atoms with Gasteiger partial charge in [0.2, 0.25) is 0 Å². The third kappa shape index (κ3) is 4.11. The second-order valence-electron chi connectivity index (χ2n) is 5.36. The fraction of sp³-hybridized carbons (Fsp3) is 0.353. The molecule has 1 heterocycles. The summed E-state index contributed by atoms with van der Waals surface area (Å²) in [6.07, 6.45) is 0. The van der Waals surface area contributed by atoms with Crippen LogP contribution >= 0.6 is 11.6 Å². The highest BCUT2D eigenvalue weighted by atomic mass is 35.5. The van der Waals surface area contributed by atoms with Crippen molar-refractivity contribution in [1.82, 2.24) is 4.98 Å². The quantitative estimate of drug-likeness (QED) is 0.886. The first-order valence-electron chi connectivity index (χ1n) is 7.18. The Labute approximate surface area is 132 Å². The smallest absolute Gasteiger partial charge is 0.126 e. The second-order valence-corrected chi connectivity index (χ2v) is 5.76. The number of pyridine rings is 1. The fourth-order valence-corrected chi connectivity index (χ4v) is 2.53. The van der Waals surface area contributed by atoms with Crippen LogP contribution in [0.2, 0.25) is 5.02 Å². The van der Waals surface area contributed by atoms with Gasteiger partial charge in [0.05, 0.1) is 17.3 Å². The summed E-state index contributed by atoms with van der Waals surface area (Å²) in [6.45, 7) is 7.81. The number of hydrogen-bond acceptors (Lipinski definition) is 3. The molecular formula is C17H22ClN3. The van der Waals surface area contributed by atoms with Crippen LogP contribution in [-0.2, 0) is 6.54 Å². The van der Waals surface area contributed by atoms with E-state index in [0.29, 0.717) is 11.6 Å². The van der Waals surface area contributed by atoms with Crippen LogP contribution in [0.25, 0.3) is 0 Å². The molecule has 0 aliphatic rings. The molecule has 112 valence electrons. The molecule has 0 radical (unpaired) electrons. The molecule has 0 aliphatic heterocycles. The van der Waals surface area contributed by atoms with Crippen molar-refractivity contribution in [3.63, 3.8) is 0 Å². The molecule has 0 amide bonds. The van der Waals surface area contributed by atoms with E-state index in [1.807, 2.05) is 12.1 Å². The van der Waals surface area contributed by atoms with Crippen LogP contribution in [0.5, 0.6) is 0 Å². The maximum atomic E-state index is 6.27. The van der Waals surface area contributed by atoms with Crippen molar-refractivity contribution < 1.29 is 0 Å². The number of nitrogens with zero attached hydrogens (tertiary/aromatic N) is 2. The van der Waals surface area contributed by atoms with E-state index >= 15 is 0 Å². The van der Waals surface area contributed by atoms with Gasteiger partial charge in [-0.3, -0.25) is 0 Å². The van der Waals surface area contributed by atoms with Crippen molar-refractivity contribution in [3.8, 4) is 0 Å². The molecular weight excluding hydrogens is 282 g/mol. The van der Waals surface area contributed by atoms with E-state index in [4.69, 9.17) is 11.6 Å². The van der Waals surface area contributed by atoms with E-state index in [9.17, 15) is 0 Å². The predicted octanol–water partition coefficient (Wildman–Crippen LogP) is 4.42. The maximum Gasteiger partial charge on any atom is 0.126 e. The van der Waals surface area contributed by atoms with Gasteiger partial charge in [-0.05, 0) is 56.2 Å². The lowest BCUT2D eigenvalue weighted by molar-refractivity contribution is 0.883. The predicted molar refractivity (Wildman–Crippen MR) is 91.4 cm³/mol. The lowest BCUT2D eigenvalue weighted by Crippen LogP contribution is -2.18. The minimum atomic E-state index is 0.682. The molecule has 1 aromatic carbocycles. The first kappa shape index (κ1) is 15.6. The van der Waals surface area contributed by atoms with Crippen LogP contribution in [0.3, 0.4) is 0 Å². The largest absolute Gasteiger partial charge is 0.370 e. The average molecular weight is 304 g/mol. The molecule has 4 heteroatoms. The minimum absolute atomic E-state index is 0.682. The molecule has 0 fully saturated rings. The van der Waals surface area contributed by atoms with Gasteiger partial charge in [0.15, 0.2) is 0 Å². The van der Waals surface area contributed by atoms with Gasteiger partial charge in [0.25, 0.3) is 0 Å². The fourth-order valence-electron chi connectivity index (χ4n) is 2.36. The molecule has 1 aromatic heterocycles. The maximum absolute atomic E-state index is 6.27. The molecule has 21 heavy (non-hydrogen) atoms. The van der Waals surface area contributed by atoms with Crippen LogP contribution in [0.1, 0.15) is 23.7 Å². The number of halogens is 1. The first-order chi connectivity index (χ1) is 9.99. The van der Waals surface area contributed by atoms with Crippen LogP contribution in [0.4, 0.5) is 11.5 Å². The summed E-state index contributed by atoms with van der Waals surface area (Å²) in [5.74, 6) is 0.866. The summed E-state index contributed by atoms with van der Waals surface area (Å²) in [6, 6.07) is 10.3. The molecule has 3 nitrogen and oxygen atoms in total. The van der Waals surface area contributed by atoms with Crippen LogP contribution < -0.4 is 10.2 Å². The van der Waals surface area contributed by atoms with E-state index in [1.54, 1.807) is 0 Å². The zero-order valence-corrected chi connectivity index (χ0v) is 13.8. The third-order valence-corrected chi connectivity index (χ3v) is 3.65. The lowest BCUT2D eigenvalue weighted by Gasteiger charge is -2.21. The molecule has 0 bridgehead atoms. The zero-order chi connectivity index (χ0) is 15.4. The number of anilines is 2. The SMILES string of the molecule is CCNc1ccc(Cl)c(CN(C)c2cc(C)cc(C)c2)n1. The van der Waals surface area contributed by atoms with Gasteiger partial charge in [-0.1, -0.05) is 17.7 Å². The van der Waals surface area contributed by atoms with Gasteiger partial charge in [0.1, 0.15) is 5.82 Å². The number of benzene rings is 1. The molecule has 0 saturated carbocycles. The zero-order valence-electron chi connectivity index (χ0n) is 13.1. The van der Waals surface area contributed by atoms with Gasteiger partial charge < -0.3 is 10.2 Å². The molecule has 0 aliphatic carbocycles. The third-order valence-electron chi connectivity index (χ3n) is 3.31. The van der Waals surface area contributed by atoms with Gasteiger partial charge in [-0.2, -0.15) is 0 Å². The van der Waals surface area contributed by atoms with E-state index in [0.717, 1.165) is 18.1 Å². The molecule has 2 rings (SSSR count). The Hall–Kier alpha value is -1.74. The Balaban J connectivity index is 2.22. The Morgan fingerprint density at radius 3 is 2.43 bits per heavy atom. The number of aromatic nitrogens is 1. The van der Waals surface area contributed by atoms with E-state index < -0.39 is 0 Å². The summed E-state index contributed by atoms with van der Waals surface area (Å²) in [4.78, 5) is 6.76. The average Bonchev–Trinajstić information content (AvgIpc) is 2.41. The van der Waals surface area contributed by atoms with Gasteiger partial charge in [0, 0.05) is 19.3 Å². The van der Waals surface area contributed by atoms with Crippen molar-refractivity contribution in [2.45, 2.75) is 27.3 Å². The lowest BCUT2D eigenvalue weighted by atomic mass is 10.1. The summed E-state index contributed by atoms with van der Waals surface area (Å²) in [5, 5.41) is 3.92. The monoisotopic (exact) mass is 303 g/mol. The number of nitrogens with one attached hydrogen (secondary N) is 1. The molecule has 0 unspecified atom stereocenters. The van der Waals surface area contributed by atoms with Crippen LogP contribution in [0.15, 0.2) is 30.3 Å². The van der Waals surface area contributed by atoms with Crippen molar-refractivity contribution in [2.75, 3.05) is 23.8 Å². The highest BCUT2D eigenvalue weighted by molar-refractivity contribution is 6.31. The van der Waals surface area contributed by atoms with Crippen molar-refractivity contribution >= 4 is 23.1 Å². The van der Waals surface area contributed by atoms with Crippen molar-refractivity contribution in [2.24, 2.45) is 0 Å². The van der Waals surface area contributed by atoms with Gasteiger partial charge in [-0.15, -0.1) is 0 Å². The summed E-state index contributed by atoms with van der Waals surface area (Å²) >= 11 is 6.27. The standard InChI is InChI=1S/C17H22ClN3/c1-5-19-17-7-6-15(18)16(20-17)11-21(4)14-9-12(2)8-13(3)10-14/h6-10H,5,11H2,1-4H3,(H,19,20). The Bertz CT molecular complexity index is 605. The summed E-state index contributed by atoms with van der Waals surface area (Å²) in [7, 11) is 2.06. The van der Waals surface area contributed by atoms with Crippen LogP contribution in [0, 0.1) is 13.8 Å². The van der Waals surface area contributed by atoms with Gasteiger partial charge in [-0.25, -0.2) is 4.98 Å². The van der Waals surface area contributed by atoms with Crippen molar-refractivity contribution in [1.29, 1.82) is 0 Å². The Morgan fingerprint density at radius 2 is 1.81 bits per heavy atom. The molecule has 0 saturated heterocycles. The molecule has 2 aromatic rings. The van der Waals surface area contributed by atoms with E-state index in [2.05, 4.69) is 61.2 Å². The highest BCUT2D eigenvalue weighted by Crippen LogP contribution is 2.23. The second kappa shape index (κ2) is 6.81. The topological polar surface area (TPSA) is 28.2 Å². The molecule has 1 N–H and O–H groups in total.